The molecule has 0 bridgehead atoms. The van der Waals surface area contributed by atoms with Crippen molar-refractivity contribution in [1.82, 2.24) is 14.8 Å². The molecule has 1 N–H and O–H groups in total. The average molecular weight is 358 g/mol. The van der Waals surface area contributed by atoms with Crippen LogP contribution in [0.2, 0.25) is 5.02 Å². The number of hydrogen-bond donors (Lipinski definition) is 1. The number of aromatic nitrogens is 3. The van der Waals surface area contributed by atoms with Crippen LogP contribution in [0.4, 0.5) is 0 Å². The van der Waals surface area contributed by atoms with Gasteiger partial charge in [-0.05, 0) is 43.7 Å². The molecule has 0 amide bonds. The zero-order valence-corrected chi connectivity index (χ0v) is 14.9. The number of ether oxygens (including phenoxy) is 1. The lowest BCUT2D eigenvalue weighted by molar-refractivity contribution is -0.133. The van der Waals surface area contributed by atoms with Crippen molar-refractivity contribution in [3.8, 4) is 5.75 Å². The molecule has 0 saturated heterocycles. The van der Waals surface area contributed by atoms with Crippen molar-refractivity contribution >= 4 is 11.6 Å². The molecule has 0 radical (unpaired) electrons. The van der Waals surface area contributed by atoms with Gasteiger partial charge < -0.3 is 9.84 Å². The van der Waals surface area contributed by atoms with Crippen molar-refractivity contribution in [2.75, 3.05) is 0 Å². The normalized spacial score (nSPS) is 14.1. The van der Waals surface area contributed by atoms with Crippen LogP contribution < -0.4 is 4.74 Å². The minimum absolute atomic E-state index is 0.189. The first-order valence-corrected chi connectivity index (χ1v) is 8.33. The van der Waals surface area contributed by atoms with E-state index in [9.17, 15) is 5.11 Å². The van der Waals surface area contributed by atoms with Gasteiger partial charge in [-0.3, -0.25) is 0 Å². The predicted molar refractivity (Wildman–Crippen MR) is 96.5 cm³/mol. The molecule has 1 atom stereocenters. The van der Waals surface area contributed by atoms with Crippen molar-refractivity contribution in [3.05, 3.63) is 77.8 Å². The smallest absolute Gasteiger partial charge is 0.148 e. The molecule has 5 nitrogen and oxygen atoms in total. The Morgan fingerprint density at radius 1 is 1.08 bits per heavy atom. The predicted octanol–water partition coefficient (Wildman–Crippen LogP) is 3.68. The van der Waals surface area contributed by atoms with Crippen LogP contribution in [-0.2, 0) is 12.1 Å². The summed E-state index contributed by atoms with van der Waals surface area (Å²) in [6, 6.07) is 16.5. The van der Waals surface area contributed by atoms with Crippen molar-refractivity contribution in [2.24, 2.45) is 0 Å². The minimum atomic E-state index is -1.36. The van der Waals surface area contributed by atoms with Crippen molar-refractivity contribution in [3.63, 3.8) is 0 Å². The molecule has 0 aliphatic heterocycles. The maximum Gasteiger partial charge on any atom is 0.148 e. The summed E-state index contributed by atoms with van der Waals surface area (Å²) in [5.41, 5.74) is -1.62. The van der Waals surface area contributed by atoms with Crippen LogP contribution in [0.3, 0.4) is 0 Å². The highest BCUT2D eigenvalue weighted by Crippen LogP contribution is 2.38. The molecule has 0 spiro atoms. The fraction of sp³-hybridized carbons (Fsp3) is 0.263. The first kappa shape index (κ1) is 17.5. The quantitative estimate of drug-likeness (QED) is 0.731. The van der Waals surface area contributed by atoms with Gasteiger partial charge in [0.1, 0.15) is 29.6 Å². The number of halogens is 1. The molecule has 0 aliphatic rings. The number of aliphatic hydroxyl groups is 1. The highest BCUT2D eigenvalue weighted by Gasteiger charge is 2.48. The summed E-state index contributed by atoms with van der Waals surface area (Å²) < 4.78 is 7.74. The van der Waals surface area contributed by atoms with Crippen LogP contribution in [0.1, 0.15) is 19.4 Å². The first-order chi connectivity index (χ1) is 11.9. The Hall–Kier alpha value is -2.37. The van der Waals surface area contributed by atoms with Gasteiger partial charge in [0.25, 0.3) is 0 Å². The van der Waals surface area contributed by atoms with E-state index in [1.807, 2.05) is 44.2 Å². The fourth-order valence-corrected chi connectivity index (χ4v) is 2.90. The number of para-hydroxylation sites is 1. The van der Waals surface area contributed by atoms with Gasteiger partial charge in [-0.2, -0.15) is 5.10 Å². The Morgan fingerprint density at radius 2 is 1.76 bits per heavy atom. The van der Waals surface area contributed by atoms with Gasteiger partial charge in [0.2, 0.25) is 0 Å². The average Bonchev–Trinajstić information content (AvgIpc) is 3.08. The van der Waals surface area contributed by atoms with E-state index < -0.39 is 11.2 Å². The van der Waals surface area contributed by atoms with E-state index in [4.69, 9.17) is 16.3 Å². The van der Waals surface area contributed by atoms with Gasteiger partial charge in [0.05, 0.1) is 6.54 Å². The molecule has 1 unspecified atom stereocenters. The number of rotatable bonds is 6. The van der Waals surface area contributed by atoms with Gasteiger partial charge in [0.15, 0.2) is 0 Å². The molecular formula is C19H20ClN3O2. The van der Waals surface area contributed by atoms with E-state index in [1.165, 1.54) is 6.33 Å². The Labute approximate surface area is 151 Å². The number of hydrogen-bond acceptors (Lipinski definition) is 4. The van der Waals surface area contributed by atoms with E-state index in [-0.39, 0.29) is 6.54 Å². The second kappa shape index (κ2) is 6.86. The topological polar surface area (TPSA) is 60.2 Å². The molecule has 3 rings (SSSR count). The number of benzene rings is 2. The molecule has 0 saturated carbocycles. The Morgan fingerprint density at radius 3 is 2.36 bits per heavy atom. The maximum absolute atomic E-state index is 11.7. The van der Waals surface area contributed by atoms with Crippen LogP contribution in [0.25, 0.3) is 0 Å². The minimum Gasteiger partial charge on any atom is -0.484 e. The Bertz CT molecular complexity index is 804. The third kappa shape index (κ3) is 3.67. The monoisotopic (exact) mass is 357 g/mol. The standard InChI is InChI=1S/C19H20ClN3O2/c1-18(2,25-17-6-4-3-5-7-17)19(24,12-23-14-21-13-22-23)15-8-10-16(20)11-9-15/h3-11,13-14,24H,12H2,1-2H3. The zero-order valence-electron chi connectivity index (χ0n) is 14.1. The molecular weight excluding hydrogens is 338 g/mol. The molecule has 0 aliphatic carbocycles. The Balaban J connectivity index is 2.01. The third-order valence-electron chi connectivity index (χ3n) is 4.29. The van der Waals surface area contributed by atoms with Crippen LogP contribution >= 0.6 is 11.6 Å². The summed E-state index contributed by atoms with van der Waals surface area (Å²) >= 11 is 6.01. The fourth-order valence-electron chi connectivity index (χ4n) is 2.77. The van der Waals surface area contributed by atoms with Crippen LogP contribution in [0, 0.1) is 0 Å². The summed E-state index contributed by atoms with van der Waals surface area (Å²) in [6.45, 7) is 3.89. The lowest BCUT2D eigenvalue weighted by Crippen LogP contribution is -2.54. The number of nitrogens with zero attached hydrogens (tertiary/aromatic N) is 3. The summed E-state index contributed by atoms with van der Waals surface area (Å²) in [5.74, 6) is 0.679. The van der Waals surface area contributed by atoms with Crippen LogP contribution in [0.5, 0.6) is 5.75 Å². The highest BCUT2D eigenvalue weighted by molar-refractivity contribution is 6.30. The molecule has 1 heterocycles. The summed E-state index contributed by atoms with van der Waals surface area (Å²) in [5, 5.41) is 16.4. The summed E-state index contributed by atoms with van der Waals surface area (Å²) in [6.07, 6.45) is 3.01. The molecule has 6 heteroatoms. The molecule has 1 aromatic heterocycles. The van der Waals surface area contributed by atoms with Gasteiger partial charge in [-0.25, -0.2) is 9.67 Å². The van der Waals surface area contributed by atoms with E-state index in [2.05, 4.69) is 10.1 Å². The van der Waals surface area contributed by atoms with Gasteiger partial charge in [0, 0.05) is 5.02 Å². The maximum atomic E-state index is 11.7. The Kier molecular flexibility index (Phi) is 4.79. The van der Waals surface area contributed by atoms with Crippen molar-refractivity contribution in [1.29, 1.82) is 0 Å². The summed E-state index contributed by atoms with van der Waals surface area (Å²) in [4.78, 5) is 3.96. The molecule has 0 fully saturated rings. The van der Waals surface area contributed by atoms with Crippen LogP contribution in [0.15, 0.2) is 67.3 Å². The van der Waals surface area contributed by atoms with E-state index in [0.717, 1.165) is 0 Å². The third-order valence-corrected chi connectivity index (χ3v) is 4.54. The second-order valence-corrected chi connectivity index (χ2v) is 6.82. The molecule has 3 aromatic rings. The first-order valence-electron chi connectivity index (χ1n) is 7.96. The van der Waals surface area contributed by atoms with Crippen LogP contribution in [-0.4, -0.2) is 25.5 Å². The van der Waals surface area contributed by atoms with Gasteiger partial charge in [-0.15, -0.1) is 0 Å². The lowest BCUT2D eigenvalue weighted by Gasteiger charge is -2.42. The van der Waals surface area contributed by atoms with Crippen molar-refractivity contribution in [2.45, 2.75) is 31.6 Å². The van der Waals surface area contributed by atoms with E-state index in [0.29, 0.717) is 16.3 Å². The van der Waals surface area contributed by atoms with Gasteiger partial charge >= 0.3 is 0 Å². The van der Waals surface area contributed by atoms with E-state index >= 15 is 0 Å². The SMILES string of the molecule is CC(C)(Oc1ccccc1)C(O)(Cn1cncn1)c1ccc(Cl)cc1. The van der Waals surface area contributed by atoms with Crippen molar-refractivity contribution < 1.29 is 9.84 Å². The highest BCUT2D eigenvalue weighted by atomic mass is 35.5. The molecule has 25 heavy (non-hydrogen) atoms. The molecule has 130 valence electrons. The summed E-state index contributed by atoms with van der Waals surface area (Å²) in [7, 11) is 0. The van der Waals surface area contributed by atoms with E-state index in [1.54, 1.807) is 35.3 Å². The largest absolute Gasteiger partial charge is 0.484 e. The lowest BCUT2D eigenvalue weighted by atomic mass is 9.79. The zero-order chi connectivity index (χ0) is 17.9. The molecule has 2 aromatic carbocycles. The van der Waals surface area contributed by atoms with Gasteiger partial charge in [-0.1, -0.05) is 41.9 Å². The second-order valence-electron chi connectivity index (χ2n) is 6.39.